The van der Waals surface area contributed by atoms with Crippen molar-refractivity contribution in [1.82, 2.24) is 14.7 Å². The van der Waals surface area contributed by atoms with Crippen molar-refractivity contribution in [2.24, 2.45) is 0 Å². The van der Waals surface area contributed by atoms with Crippen molar-refractivity contribution in [2.75, 3.05) is 32.0 Å². The molecule has 3 heterocycles. The minimum absolute atomic E-state index is 0.581. The highest BCUT2D eigenvalue weighted by molar-refractivity contribution is 5.59. The van der Waals surface area contributed by atoms with Crippen LogP contribution in [0.25, 0.3) is 5.69 Å². The van der Waals surface area contributed by atoms with Gasteiger partial charge in [0, 0.05) is 24.6 Å². The van der Waals surface area contributed by atoms with Gasteiger partial charge in [-0.15, -0.1) is 0 Å². The molecule has 4 rings (SSSR count). The summed E-state index contributed by atoms with van der Waals surface area (Å²) in [6.07, 6.45) is 4.69. The van der Waals surface area contributed by atoms with Crippen LogP contribution >= 0.6 is 0 Å². The molecule has 1 N–H and O–H groups in total. The Morgan fingerprint density at radius 2 is 2.17 bits per heavy atom. The highest BCUT2D eigenvalue weighted by Gasteiger charge is 2.30. The maximum atomic E-state index is 5.10. The van der Waals surface area contributed by atoms with Gasteiger partial charge in [0.25, 0.3) is 0 Å². The Bertz CT molecular complexity index is 703. The van der Waals surface area contributed by atoms with E-state index in [2.05, 4.69) is 53.1 Å². The number of hydrogen-bond donors (Lipinski definition) is 1. The number of benzene rings is 1. The Kier molecular flexibility index (Phi) is 3.85. The third kappa shape index (κ3) is 2.55. The zero-order valence-corrected chi connectivity index (χ0v) is 14.2. The summed E-state index contributed by atoms with van der Waals surface area (Å²) >= 11 is 0. The average Bonchev–Trinajstić information content (AvgIpc) is 3.17. The smallest absolute Gasteiger partial charge is 0.133 e. The molecule has 1 unspecified atom stereocenters. The first-order valence-electron chi connectivity index (χ1n) is 8.90. The quantitative estimate of drug-likeness (QED) is 0.945. The van der Waals surface area contributed by atoms with E-state index >= 15 is 0 Å². The fourth-order valence-electron chi connectivity index (χ4n) is 4.11. The van der Waals surface area contributed by atoms with Gasteiger partial charge < -0.3 is 10.2 Å². The van der Waals surface area contributed by atoms with E-state index in [1.807, 2.05) is 0 Å². The molecular formula is C19H26N4. The normalized spacial score (nSPS) is 21.2. The lowest BCUT2D eigenvalue weighted by Gasteiger charge is -2.29. The van der Waals surface area contributed by atoms with Crippen LogP contribution < -0.4 is 5.32 Å². The summed E-state index contributed by atoms with van der Waals surface area (Å²) in [7, 11) is 2.23. The van der Waals surface area contributed by atoms with Crippen LogP contribution in [-0.4, -0.2) is 41.4 Å². The van der Waals surface area contributed by atoms with Crippen LogP contribution in [0.3, 0.4) is 0 Å². The first kappa shape index (κ1) is 14.8. The van der Waals surface area contributed by atoms with Gasteiger partial charge >= 0.3 is 0 Å². The Morgan fingerprint density at radius 1 is 1.30 bits per heavy atom. The number of aromatic nitrogens is 2. The molecule has 0 spiro atoms. The third-order valence-corrected chi connectivity index (χ3v) is 5.29. The molecule has 1 saturated heterocycles. The molecule has 1 fully saturated rings. The summed E-state index contributed by atoms with van der Waals surface area (Å²) in [6.45, 7) is 5.61. The lowest BCUT2D eigenvalue weighted by molar-refractivity contribution is 0.247. The SMILES string of the molecule is CCc1ccccc1-n1nc(C2CCCN(C)C2)c2c1NCC2. The predicted octanol–water partition coefficient (Wildman–Crippen LogP) is 3.21. The number of nitrogens with zero attached hydrogens (tertiary/aromatic N) is 3. The number of hydrogen-bond acceptors (Lipinski definition) is 3. The van der Waals surface area contributed by atoms with E-state index in [1.54, 1.807) is 0 Å². The zero-order chi connectivity index (χ0) is 15.8. The van der Waals surface area contributed by atoms with Crippen molar-refractivity contribution >= 4 is 5.82 Å². The largest absolute Gasteiger partial charge is 0.369 e. The Labute approximate surface area is 138 Å². The van der Waals surface area contributed by atoms with Crippen molar-refractivity contribution in [2.45, 2.75) is 38.5 Å². The fourth-order valence-corrected chi connectivity index (χ4v) is 4.11. The first-order valence-corrected chi connectivity index (χ1v) is 8.90. The molecule has 0 bridgehead atoms. The second-order valence-corrected chi connectivity index (χ2v) is 6.88. The van der Waals surface area contributed by atoms with Crippen LogP contribution in [0.5, 0.6) is 0 Å². The number of nitrogens with one attached hydrogen (secondary N) is 1. The number of aryl methyl sites for hydroxylation is 1. The third-order valence-electron chi connectivity index (χ3n) is 5.29. The molecule has 2 aliphatic rings. The lowest BCUT2D eigenvalue weighted by atomic mass is 9.92. The molecule has 2 aliphatic heterocycles. The number of para-hydroxylation sites is 1. The van der Waals surface area contributed by atoms with Gasteiger partial charge in [-0.25, -0.2) is 4.68 Å². The fraction of sp³-hybridized carbons (Fsp3) is 0.526. The molecule has 23 heavy (non-hydrogen) atoms. The number of likely N-dealkylation sites (N-methyl/N-ethyl adjacent to an activating group) is 1. The molecule has 0 radical (unpaired) electrons. The second kappa shape index (κ2) is 6.00. The molecule has 1 aromatic carbocycles. The summed E-state index contributed by atoms with van der Waals surface area (Å²) in [6, 6.07) is 8.65. The highest BCUT2D eigenvalue weighted by Crippen LogP contribution is 2.36. The van der Waals surface area contributed by atoms with Gasteiger partial charge in [-0.2, -0.15) is 5.10 Å². The molecule has 0 saturated carbocycles. The Morgan fingerprint density at radius 3 is 3.00 bits per heavy atom. The maximum Gasteiger partial charge on any atom is 0.133 e. The number of anilines is 1. The molecular weight excluding hydrogens is 284 g/mol. The second-order valence-electron chi connectivity index (χ2n) is 6.88. The van der Waals surface area contributed by atoms with E-state index in [-0.39, 0.29) is 0 Å². The van der Waals surface area contributed by atoms with E-state index in [9.17, 15) is 0 Å². The molecule has 1 atom stereocenters. The monoisotopic (exact) mass is 310 g/mol. The zero-order valence-electron chi connectivity index (χ0n) is 14.2. The Hall–Kier alpha value is -1.81. The molecule has 4 heteroatoms. The molecule has 122 valence electrons. The van der Waals surface area contributed by atoms with Gasteiger partial charge in [0.15, 0.2) is 0 Å². The van der Waals surface area contributed by atoms with Crippen molar-refractivity contribution in [3.05, 3.63) is 41.1 Å². The standard InChI is InChI=1S/C19H26N4/c1-3-14-7-4-5-9-17(14)23-19-16(10-11-20-19)18(21-23)15-8-6-12-22(2)13-15/h4-5,7,9,15,20H,3,6,8,10-13H2,1-2H3. The average molecular weight is 310 g/mol. The molecule has 0 amide bonds. The van der Waals surface area contributed by atoms with Gasteiger partial charge in [0.2, 0.25) is 0 Å². The lowest BCUT2D eigenvalue weighted by Crippen LogP contribution is -2.31. The molecule has 4 nitrogen and oxygen atoms in total. The molecule has 2 aromatic rings. The minimum atomic E-state index is 0.581. The van der Waals surface area contributed by atoms with Crippen LogP contribution in [0.4, 0.5) is 5.82 Å². The van der Waals surface area contributed by atoms with Gasteiger partial charge in [-0.3, -0.25) is 0 Å². The van der Waals surface area contributed by atoms with E-state index in [1.165, 1.54) is 47.7 Å². The van der Waals surface area contributed by atoms with Crippen LogP contribution in [0, 0.1) is 0 Å². The van der Waals surface area contributed by atoms with Crippen LogP contribution in [0.15, 0.2) is 24.3 Å². The summed E-state index contributed by atoms with van der Waals surface area (Å²) in [5.41, 5.74) is 5.38. The van der Waals surface area contributed by atoms with Crippen LogP contribution in [-0.2, 0) is 12.8 Å². The summed E-state index contributed by atoms with van der Waals surface area (Å²) in [5, 5.41) is 8.67. The first-order chi connectivity index (χ1) is 11.3. The maximum absolute atomic E-state index is 5.10. The Balaban J connectivity index is 1.79. The summed E-state index contributed by atoms with van der Waals surface area (Å²) in [5.74, 6) is 1.81. The number of rotatable bonds is 3. The molecule has 1 aromatic heterocycles. The molecule has 0 aliphatic carbocycles. The summed E-state index contributed by atoms with van der Waals surface area (Å²) < 4.78 is 2.17. The summed E-state index contributed by atoms with van der Waals surface area (Å²) in [4.78, 5) is 2.45. The van der Waals surface area contributed by atoms with E-state index in [0.717, 1.165) is 25.9 Å². The predicted molar refractivity (Wildman–Crippen MR) is 94.6 cm³/mol. The van der Waals surface area contributed by atoms with Gasteiger partial charge in [0.1, 0.15) is 5.82 Å². The van der Waals surface area contributed by atoms with Gasteiger partial charge in [0.05, 0.1) is 11.4 Å². The number of piperidine rings is 1. The number of fused-ring (bicyclic) bond motifs is 1. The van der Waals surface area contributed by atoms with Crippen molar-refractivity contribution in [3.63, 3.8) is 0 Å². The van der Waals surface area contributed by atoms with Crippen molar-refractivity contribution in [1.29, 1.82) is 0 Å². The highest BCUT2D eigenvalue weighted by atomic mass is 15.3. The minimum Gasteiger partial charge on any atom is -0.369 e. The van der Waals surface area contributed by atoms with Crippen molar-refractivity contribution in [3.8, 4) is 5.69 Å². The topological polar surface area (TPSA) is 33.1 Å². The van der Waals surface area contributed by atoms with E-state index in [0.29, 0.717) is 5.92 Å². The van der Waals surface area contributed by atoms with Gasteiger partial charge in [-0.05, 0) is 50.9 Å². The van der Waals surface area contributed by atoms with E-state index < -0.39 is 0 Å². The van der Waals surface area contributed by atoms with Gasteiger partial charge in [-0.1, -0.05) is 25.1 Å². The van der Waals surface area contributed by atoms with E-state index in [4.69, 9.17) is 5.10 Å². The van der Waals surface area contributed by atoms with Crippen molar-refractivity contribution < 1.29 is 0 Å². The number of likely N-dealkylation sites (tertiary alicyclic amines) is 1. The van der Waals surface area contributed by atoms with Crippen LogP contribution in [0.2, 0.25) is 0 Å². The van der Waals surface area contributed by atoms with Crippen LogP contribution in [0.1, 0.15) is 42.5 Å².